The number of ether oxygens (including phenoxy) is 1. The Hall–Kier alpha value is -1.39. The molecular weight excluding hydrogens is 230 g/mol. The average molecular weight is 249 g/mol. The summed E-state index contributed by atoms with van der Waals surface area (Å²) in [4.78, 5) is 10.9. The summed E-state index contributed by atoms with van der Waals surface area (Å²) >= 11 is 0. The van der Waals surface area contributed by atoms with Gasteiger partial charge in [0.1, 0.15) is 0 Å². The Kier molecular flexibility index (Phi) is 4.33. The molecule has 0 saturated carbocycles. The third-order valence-corrected chi connectivity index (χ3v) is 3.38. The monoisotopic (exact) mass is 249 g/mol. The lowest BCUT2D eigenvalue weighted by atomic mass is 9.97. The molecule has 0 radical (unpaired) electrons. The minimum absolute atomic E-state index is 0.342. The van der Waals surface area contributed by atoms with E-state index < -0.39 is 5.97 Å². The van der Waals surface area contributed by atoms with Crippen LogP contribution in [0.25, 0.3) is 0 Å². The number of carboxylic acid groups (broad SMARTS) is 1. The van der Waals surface area contributed by atoms with E-state index in [0.717, 1.165) is 25.2 Å². The van der Waals surface area contributed by atoms with E-state index in [1.165, 1.54) is 0 Å². The second-order valence-electron chi connectivity index (χ2n) is 4.83. The highest BCUT2D eigenvalue weighted by Crippen LogP contribution is 2.15. The van der Waals surface area contributed by atoms with Crippen molar-refractivity contribution in [1.29, 1.82) is 0 Å². The molecule has 1 heterocycles. The Morgan fingerprint density at radius 2 is 2.39 bits per heavy atom. The van der Waals surface area contributed by atoms with Crippen molar-refractivity contribution in [3.05, 3.63) is 35.4 Å². The Morgan fingerprint density at radius 1 is 1.56 bits per heavy atom. The number of rotatable bonds is 4. The lowest BCUT2D eigenvalue weighted by Gasteiger charge is -2.29. The molecule has 4 heteroatoms. The molecule has 1 aromatic rings. The summed E-state index contributed by atoms with van der Waals surface area (Å²) in [6.45, 7) is 4.48. The Bertz CT molecular complexity index is 419. The third kappa shape index (κ3) is 3.31. The first-order valence-electron chi connectivity index (χ1n) is 6.30. The van der Waals surface area contributed by atoms with Crippen LogP contribution in [0.15, 0.2) is 24.3 Å². The Balaban J connectivity index is 1.93. The Morgan fingerprint density at radius 3 is 3.11 bits per heavy atom. The molecule has 2 atom stereocenters. The van der Waals surface area contributed by atoms with E-state index >= 15 is 0 Å². The molecule has 0 bridgehead atoms. The van der Waals surface area contributed by atoms with Gasteiger partial charge in [-0.2, -0.15) is 0 Å². The zero-order valence-electron chi connectivity index (χ0n) is 10.6. The molecule has 18 heavy (non-hydrogen) atoms. The van der Waals surface area contributed by atoms with Gasteiger partial charge in [-0.15, -0.1) is 0 Å². The smallest absolute Gasteiger partial charge is 0.335 e. The molecule has 1 aliphatic rings. The highest BCUT2D eigenvalue weighted by molar-refractivity contribution is 5.87. The van der Waals surface area contributed by atoms with Gasteiger partial charge in [0.15, 0.2) is 0 Å². The summed E-state index contributed by atoms with van der Waals surface area (Å²) in [6.07, 6.45) is 1.01. The summed E-state index contributed by atoms with van der Waals surface area (Å²) in [5.74, 6) is -0.377. The summed E-state index contributed by atoms with van der Waals surface area (Å²) in [5.41, 5.74) is 1.35. The van der Waals surface area contributed by atoms with Gasteiger partial charge in [0, 0.05) is 19.2 Å². The van der Waals surface area contributed by atoms with Crippen molar-refractivity contribution in [3.8, 4) is 0 Å². The van der Waals surface area contributed by atoms with Gasteiger partial charge in [-0.25, -0.2) is 4.79 Å². The number of carbonyl (C=O) groups is 1. The van der Waals surface area contributed by atoms with Crippen LogP contribution in [0, 0.1) is 5.92 Å². The number of hydrogen-bond donors (Lipinski definition) is 2. The molecule has 0 aliphatic carbocycles. The largest absolute Gasteiger partial charge is 0.478 e. The van der Waals surface area contributed by atoms with Gasteiger partial charge in [0.25, 0.3) is 0 Å². The predicted molar refractivity (Wildman–Crippen MR) is 68.6 cm³/mol. The van der Waals surface area contributed by atoms with E-state index in [1.807, 2.05) is 6.07 Å². The van der Waals surface area contributed by atoms with Crippen molar-refractivity contribution in [2.24, 2.45) is 5.92 Å². The van der Waals surface area contributed by atoms with E-state index in [9.17, 15) is 4.79 Å². The SMILES string of the molecule is CC1COCCC1NCc1cccc(C(=O)O)c1. The summed E-state index contributed by atoms with van der Waals surface area (Å²) < 4.78 is 5.40. The van der Waals surface area contributed by atoms with Gasteiger partial charge in [-0.05, 0) is 30.0 Å². The highest BCUT2D eigenvalue weighted by Gasteiger charge is 2.21. The first-order chi connectivity index (χ1) is 8.66. The molecule has 1 aromatic carbocycles. The van der Waals surface area contributed by atoms with Crippen LogP contribution in [-0.2, 0) is 11.3 Å². The standard InChI is InChI=1S/C14H19NO3/c1-10-9-18-6-5-13(10)15-8-11-3-2-4-12(7-11)14(16)17/h2-4,7,10,13,15H,5-6,8-9H2,1H3,(H,16,17). The topological polar surface area (TPSA) is 58.6 Å². The fourth-order valence-corrected chi connectivity index (χ4v) is 2.25. The Labute approximate surface area is 107 Å². The first kappa shape index (κ1) is 13.1. The van der Waals surface area contributed by atoms with Gasteiger partial charge in [-0.1, -0.05) is 19.1 Å². The van der Waals surface area contributed by atoms with Crippen molar-refractivity contribution < 1.29 is 14.6 Å². The third-order valence-electron chi connectivity index (χ3n) is 3.38. The van der Waals surface area contributed by atoms with Crippen LogP contribution < -0.4 is 5.32 Å². The second kappa shape index (κ2) is 5.98. The summed E-state index contributed by atoms with van der Waals surface area (Å²) in [7, 11) is 0. The molecule has 0 spiro atoms. The molecule has 4 nitrogen and oxygen atoms in total. The zero-order valence-corrected chi connectivity index (χ0v) is 10.6. The number of carboxylic acids is 1. The van der Waals surface area contributed by atoms with E-state index in [0.29, 0.717) is 24.1 Å². The van der Waals surface area contributed by atoms with E-state index in [4.69, 9.17) is 9.84 Å². The van der Waals surface area contributed by atoms with Crippen LogP contribution in [0.2, 0.25) is 0 Å². The van der Waals surface area contributed by atoms with Crippen molar-refractivity contribution in [3.63, 3.8) is 0 Å². The normalized spacial score (nSPS) is 23.8. The number of benzene rings is 1. The molecular formula is C14H19NO3. The van der Waals surface area contributed by atoms with E-state index in [1.54, 1.807) is 18.2 Å². The molecule has 1 saturated heterocycles. The minimum atomic E-state index is -0.878. The number of hydrogen-bond acceptors (Lipinski definition) is 3. The fourth-order valence-electron chi connectivity index (χ4n) is 2.25. The number of nitrogens with one attached hydrogen (secondary N) is 1. The fraction of sp³-hybridized carbons (Fsp3) is 0.500. The second-order valence-corrected chi connectivity index (χ2v) is 4.83. The molecule has 2 unspecified atom stereocenters. The number of aromatic carboxylic acids is 1. The van der Waals surface area contributed by atoms with Crippen LogP contribution in [-0.4, -0.2) is 30.3 Å². The van der Waals surface area contributed by atoms with Crippen molar-refractivity contribution in [1.82, 2.24) is 5.32 Å². The molecule has 2 N–H and O–H groups in total. The maximum Gasteiger partial charge on any atom is 0.335 e. The predicted octanol–water partition coefficient (Wildman–Crippen LogP) is 1.90. The summed E-state index contributed by atoms with van der Waals surface area (Å²) in [5, 5.41) is 12.4. The average Bonchev–Trinajstić information content (AvgIpc) is 2.38. The lowest BCUT2D eigenvalue weighted by molar-refractivity contribution is 0.0386. The van der Waals surface area contributed by atoms with Gasteiger partial charge in [0.05, 0.1) is 12.2 Å². The molecule has 1 aliphatic heterocycles. The van der Waals surface area contributed by atoms with E-state index in [-0.39, 0.29) is 0 Å². The van der Waals surface area contributed by atoms with Crippen LogP contribution >= 0.6 is 0 Å². The molecule has 0 aromatic heterocycles. The highest BCUT2D eigenvalue weighted by atomic mass is 16.5. The van der Waals surface area contributed by atoms with Gasteiger partial charge in [0.2, 0.25) is 0 Å². The minimum Gasteiger partial charge on any atom is -0.478 e. The molecule has 1 fully saturated rings. The van der Waals surface area contributed by atoms with Crippen molar-refractivity contribution in [2.75, 3.05) is 13.2 Å². The molecule has 98 valence electrons. The zero-order chi connectivity index (χ0) is 13.0. The van der Waals surface area contributed by atoms with Crippen LogP contribution in [0.1, 0.15) is 29.3 Å². The van der Waals surface area contributed by atoms with Crippen molar-refractivity contribution >= 4 is 5.97 Å². The lowest BCUT2D eigenvalue weighted by Crippen LogP contribution is -2.41. The van der Waals surface area contributed by atoms with E-state index in [2.05, 4.69) is 12.2 Å². The van der Waals surface area contributed by atoms with Crippen LogP contribution in [0.4, 0.5) is 0 Å². The molecule has 0 amide bonds. The van der Waals surface area contributed by atoms with Gasteiger partial charge in [-0.3, -0.25) is 0 Å². The van der Waals surface area contributed by atoms with Crippen LogP contribution in [0.5, 0.6) is 0 Å². The molecule has 2 rings (SSSR count). The first-order valence-corrected chi connectivity index (χ1v) is 6.30. The van der Waals surface area contributed by atoms with Gasteiger partial charge >= 0.3 is 5.97 Å². The van der Waals surface area contributed by atoms with Gasteiger partial charge < -0.3 is 15.2 Å². The quantitative estimate of drug-likeness (QED) is 0.855. The summed E-state index contributed by atoms with van der Waals surface area (Å²) in [6, 6.07) is 7.52. The maximum absolute atomic E-state index is 10.9. The van der Waals surface area contributed by atoms with Crippen molar-refractivity contribution in [2.45, 2.75) is 25.9 Å². The maximum atomic E-state index is 10.9. The van der Waals surface area contributed by atoms with Crippen LogP contribution in [0.3, 0.4) is 0 Å².